The van der Waals surface area contributed by atoms with Crippen LogP contribution in [0, 0.1) is 9.86 Å². The van der Waals surface area contributed by atoms with E-state index in [2.05, 4.69) is 84.5 Å². The van der Waals surface area contributed by atoms with E-state index in [0.717, 1.165) is 0 Å². The molecule has 4 rings (SSSR count). The molecule has 0 saturated carbocycles. The van der Waals surface area contributed by atoms with Gasteiger partial charge in [-0.1, -0.05) is 6.07 Å². The van der Waals surface area contributed by atoms with Crippen molar-refractivity contribution in [1.29, 1.82) is 0 Å². The summed E-state index contributed by atoms with van der Waals surface area (Å²) in [6.07, 6.45) is 8.05. The van der Waals surface area contributed by atoms with Gasteiger partial charge in [0, 0.05) is 0 Å². The SMILES string of the molecule is CCC[CH2][Sn]([C]#Cc1ccc(-c2ccc(-c3ccc(-c4cccs4)s3)s2)s1)([CH2]CCC)[CH2]CCC. The molecule has 4 aromatic rings. The van der Waals surface area contributed by atoms with Crippen molar-refractivity contribution < 1.29 is 0 Å². The molecule has 0 bridgehead atoms. The molecule has 5 heteroatoms. The quantitative estimate of drug-likeness (QED) is 0.106. The molecule has 184 valence electrons. The first-order valence-electron chi connectivity index (χ1n) is 13.0. The molecule has 0 aromatic carbocycles. The Morgan fingerprint density at radius 1 is 0.600 bits per heavy atom. The summed E-state index contributed by atoms with van der Waals surface area (Å²) in [6, 6.07) is 18.0. The third kappa shape index (κ3) is 7.35. The fourth-order valence-corrected chi connectivity index (χ4v) is 21.8. The predicted molar refractivity (Wildman–Crippen MR) is 166 cm³/mol. The number of hydrogen-bond acceptors (Lipinski definition) is 4. The number of rotatable bonds is 12. The Morgan fingerprint density at radius 3 is 1.57 bits per heavy atom. The number of thiophene rings is 4. The van der Waals surface area contributed by atoms with E-state index >= 15 is 0 Å². The second-order valence-electron chi connectivity index (χ2n) is 9.31. The Morgan fingerprint density at radius 2 is 1.09 bits per heavy atom. The molecular formula is C30H36S4Sn. The van der Waals surface area contributed by atoms with Crippen molar-refractivity contribution >= 4 is 63.7 Å². The molecule has 0 aliphatic rings. The molecule has 0 unspecified atom stereocenters. The number of hydrogen-bond donors (Lipinski definition) is 0. The molecule has 0 N–H and O–H groups in total. The first-order chi connectivity index (χ1) is 17.2. The molecule has 0 aliphatic heterocycles. The van der Waals surface area contributed by atoms with Gasteiger partial charge < -0.3 is 0 Å². The molecule has 4 heterocycles. The van der Waals surface area contributed by atoms with Crippen molar-refractivity contribution in [3.05, 3.63) is 58.8 Å². The monoisotopic (exact) mass is 644 g/mol. The molecule has 4 aromatic heterocycles. The molecule has 0 saturated heterocycles. The summed E-state index contributed by atoms with van der Waals surface area (Å²) in [5.41, 5.74) is 0. The summed E-state index contributed by atoms with van der Waals surface area (Å²) < 4.78 is 8.41. The van der Waals surface area contributed by atoms with E-state index in [1.54, 1.807) is 0 Å². The van der Waals surface area contributed by atoms with Gasteiger partial charge in [-0.15, -0.1) is 11.3 Å². The van der Waals surface area contributed by atoms with Crippen molar-refractivity contribution in [2.45, 2.75) is 72.6 Å². The molecule has 0 radical (unpaired) electrons. The van der Waals surface area contributed by atoms with Gasteiger partial charge in [-0.25, -0.2) is 0 Å². The fraction of sp³-hybridized carbons (Fsp3) is 0.400. The van der Waals surface area contributed by atoms with Gasteiger partial charge in [-0.2, -0.15) is 0 Å². The zero-order chi connectivity index (χ0) is 24.5. The number of unbranched alkanes of at least 4 members (excludes halogenated alkanes) is 3. The van der Waals surface area contributed by atoms with Crippen LogP contribution >= 0.6 is 45.3 Å². The summed E-state index contributed by atoms with van der Waals surface area (Å²) in [5.74, 6) is 3.73. The van der Waals surface area contributed by atoms with Crippen LogP contribution in [-0.2, 0) is 0 Å². The summed E-state index contributed by atoms with van der Waals surface area (Å²) in [4.78, 5) is 9.43. The van der Waals surface area contributed by atoms with Crippen LogP contribution in [0.25, 0.3) is 29.3 Å². The average molecular weight is 644 g/mol. The van der Waals surface area contributed by atoms with Gasteiger partial charge in [0.2, 0.25) is 0 Å². The Labute approximate surface area is 232 Å². The van der Waals surface area contributed by atoms with Crippen LogP contribution in [0.2, 0.25) is 13.3 Å². The van der Waals surface area contributed by atoms with Crippen LogP contribution in [0.1, 0.15) is 64.2 Å². The fourth-order valence-electron chi connectivity index (χ4n) is 4.46. The molecule has 0 amide bonds. The normalized spacial score (nSPS) is 11.5. The third-order valence-electron chi connectivity index (χ3n) is 6.55. The van der Waals surface area contributed by atoms with Gasteiger partial charge in [-0.05, 0) is 11.4 Å². The van der Waals surface area contributed by atoms with Crippen LogP contribution in [0.3, 0.4) is 0 Å². The van der Waals surface area contributed by atoms with E-state index < -0.39 is 18.4 Å². The first kappa shape index (κ1) is 27.2. The summed E-state index contributed by atoms with van der Waals surface area (Å²) in [6.45, 7) is 7.01. The van der Waals surface area contributed by atoms with E-state index in [0.29, 0.717) is 0 Å². The first-order valence-corrected chi connectivity index (χ1v) is 23.8. The maximum atomic E-state index is 4.04. The third-order valence-corrected chi connectivity index (χ3v) is 24.3. The standard InChI is InChI=1S/C18H9S4.3C4H9.Sn/c1-2-12-5-6-15(20-12)16-9-10-18(22-16)17-8-7-14(21-17)13-4-3-11-19-13;3*1-3-4-2;/h3-11H;3*1,3-4H2,2H3;. The Balaban J connectivity index is 1.52. The van der Waals surface area contributed by atoms with Crippen LogP contribution in [0.5, 0.6) is 0 Å². The molecule has 0 nitrogen and oxygen atoms in total. The van der Waals surface area contributed by atoms with E-state index in [4.69, 9.17) is 0 Å². The summed E-state index contributed by atoms with van der Waals surface area (Å²) in [7, 11) is 0. The van der Waals surface area contributed by atoms with Crippen molar-refractivity contribution in [1.82, 2.24) is 0 Å². The van der Waals surface area contributed by atoms with Crippen molar-refractivity contribution in [3.8, 4) is 39.1 Å². The van der Waals surface area contributed by atoms with E-state index in [-0.39, 0.29) is 0 Å². The second kappa shape index (κ2) is 13.6. The summed E-state index contributed by atoms with van der Waals surface area (Å²) >= 11 is 5.10. The van der Waals surface area contributed by atoms with Crippen LogP contribution in [-0.4, -0.2) is 18.4 Å². The van der Waals surface area contributed by atoms with Crippen molar-refractivity contribution in [3.63, 3.8) is 0 Å². The van der Waals surface area contributed by atoms with Gasteiger partial charge in [0.05, 0.1) is 0 Å². The van der Waals surface area contributed by atoms with E-state index in [9.17, 15) is 0 Å². The maximum absolute atomic E-state index is 4.04. The van der Waals surface area contributed by atoms with Gasteiger partial charge in [0.25, 0.3) is 0 Å². The van der Waals surface area contributed by atoms with Gasteiger partial charge >= 0.3 is 205 Å². The Bertz CT molecular complexity index is 1210. The minimum absolute atomic E-state index is 1.26. The Hall–Kier alpha value is -0.841. The van der Waals surface area contributed by atoms with Gasteiger partial charge in [0.1, 0.15) is 0 Å². The predicted octanol–water partition coefficient (Wildman–Crippen LogP) is 11.7. The molecule has 35 heavy (non-hydrogen) atoms. The molecular weight excluding hydrogens is 607 g/mol. The minimum atomic E-state index is -2.40. The van der Waals surface area contributed by atoms with E-state index in [1.807, 2.05) is 45.3 Å². The van der Waals surface area contributed by atoms with Crippen molar-refractivity contribution in [2.24, 2.45) is 0 Å². The van der Waals surface area contributed by atoms with Crippen LogP contribution < -0.4 is 0 Å². The van der Waals surface area contributed by atoms with Gasteiger partial charge in [0.15, 0.2) is 0 Å². The second-order valence-corrected chi connectivity index (χ2v) is 25.8. The summed E-state index contributed by atoms with van der Waals surface area (Å²) in [5, 5.41) is 2.15. The average Bonchev–Trinajstić information content (AvgIpc) is 3.69. The Kier molecular flexibility index (Phi) is 10.6. The zero-order valence-electron chi connectivity index (χ0n) is 21.2. The molecule has 0 aliphatic carbocycles. The van der Waals surface area contributed by atoms with Gasteiger partial charge in [-0.3, -0.25) is 0 Å². The van der Waals surface area contributed by atoms with Crippen LogP contribution in [0.4, 0.5) is 0 Å². The molecule has 0 spiro atoms. The van der Waals surface area contributed by atoms with Crippen molar-refractivity contribution in [2.75, 3.05) is 0 Å². The van der Waals surface area contributed by atoms with E-state index in [1.165, 1.54) is 86.0 Å². The molecule has 0 atom stereocenters. The topological polar surface area (TPSA) is 0 Å². The molecule has 0 fully saturated rings. The van der Waals surface area contributed by atoms with Crippen LogP contribution in [0.15, 0.2) is 53.9 Å². The zero-order valence-corrected chi connectivity index (χ0v) is 27.3.